The van der Waals surface area contributed by atoms with Gasteiger partial charge in [-0.25, -0.2) is 0 Å². The number of hydrogen-bond donors (Lipinski definition) is 19. The molecule has 117 heavy (non-hydrogen) atoms. The Kier molecular flexibility index (Phi) is 33.0. The number of nitrogens with two attached hydrogens (primary N) is 2. The lowest BCUT2D eigenvalue weighted by molar-refractivity contribution is -0.148. The molecule has 0 saturated carbocycles. The van der Waals surface area contributed by atoms with Crippen LogP contribution in [-0.4, -0.2) is 251 Å². The fraction of sp³-hybridized carbons (Fsp3) is 0.590. The third kappa shape index (κ3) is 27.2. The molecule has 1 unspecified atom stereocenters. The van der Waals surface area contributed by atoms with Crippen molar-refractivity contribution in [1.82, 2.24) is 89.2 Å². The second-order valence-electron chi connectivity index (χ2n) is 33.0. The minimum Gasteiger partial charge on any atom is -0.394 e. The molecule has 3 heterocycles. The zero-order valence-electron chi connectivity index (χ0n) is 69.3. The number of aliphatic hydroxyl groups excluding tert-OH is 2. The molecule has 2 saturated heterocycles. The number of nitrogens with zero attached hydrogens (tertiary/aromatic N) is 2. The Labute approximate surface area is 678 Å². The summed E-state index contributed by atoms with van der Waals surface area (Å²) in [5.41, 5.74) is 0.688. The standard InChI is InChI=1S/C78H117N19O20/c1-17-78(16,71(117)97-40-47(100)36-54(97)64(110)93-77(14,15)70(116)96-33-23-28-53(96)63(109)86-46(41-98)34-44-24-19-18-20-25-44)94-61(107)50(29-31-55(79)101)87-57(103)38-82-66(112)73(6,7)95-69(115)76(12,13)90-59(105)42(2)84-67(113)74(8,9)89-58(104)39-83-65(111)72(4,5)91-60(106)51(30-32-56(80)102)88-68(114)75(10,11)92-62(108)52(85-43(3)99)35-45-37-81-49-27-22-21-26-48(45)49/h18-22,24-27,37,42,46-47,50-54,81,98,100H,17,23,28-36,38-41H2,1-16H3,(H2,79,101)(H2,80,102)(H,82,112)(H,83,111)(H,84,113)(H,85,99)(H,86,109)(H,87,103)(H,88,114)(H,89,104)(H,90,105)(H,91,106)(H,92,108)(H,93,110)(H,94,107)(H,95,115)/t42-,46-,47-,50-,51-,52-,53-,54+,78?/m0/s1. The number of aliphatic hydroxyl groups is 2. The lowest BCUT2D eigenvalue weighted by Crippen LogP contribution is -2.65. The number of rotatable bonds is 41. The highest BCUT2D eigenvalue weighted by Crippen LogP contribution is 2.28. The zero-order valence-corrected chi connectivity index (χ0v) is 69.3. The minimum absolute atomic E-state index is 0.0374. The first-order valence-corrected chi connectivity index (χ1v) is 38.6. The van der Waals surface area contributed by atoms with Crippen LogP contribution in [-0.2, 0) is 99.1 Å². The number of primary amides is 2. The van der Waals surface area contributed by atoms with E-state index in [4.69, 9.17) is 11.5 Å². The molecule has 21 N–H and O–H groups in total. The molecule has 2 aliphatic rings. The highest BCUT2D eigenvalue weighted by Gasteiger charge is 2.50. The van der Waals surface area contributed by atoms with Gasteiger partial charge in [0.15, 0.2) is 0 Å². The van der Waals surface area contributed by atoms with Gasteiger partial charge in [-0.1, -0.05) is 55.5 Å². The van der Waals surface area contributed by atoms with Crippen LogP contribution in [0.5, 0.6) is 0 Å². The van der Waals surface area contributed by atoms with Crippen LogP contribution >= 0.6 is 0 Å². The lowest BCUT2D eigenvalue weighted by atomic mass is 9.94. The molecule has 39 heteroatoms. The van der Waals surface area contributed by atoms with Crippen molar-refractivity contribution < 1.29 is 96.5 Å². The number of nitrogens with one attached hydrogen (secondary N) is 15. The molecule has 2 fully saturated rings. The predicted molar refractivity (Wildman–Crippen MR) is 424 cm³/mol. The van der Waals surface area contributed by atoms with Crippen LogP contribution in [0.2, 0.25) is 0 Å². The van der Waals surface area contributed by atoms with Crippen LogP contribution in [0.15, 0.2) is 60.8 Å². The van der Waals surface area contributed by atoms with E-state index in [9.17, 15) is 96.5 Å². The Balaban J connectivity index is 1.10. The van der Waals surface area contributed by atoms with Gasteiger partial charge in [-0.05, 0) is 153 Å². The number of carbonyl (C=O) groups is 18. The molecule has 0 spiro atoms. The number of benzene rings is 2. The summed E-state index contributed by atoms with van der Waals surface area (Å²) in [6.45, 7) is 18.9. The number of H-pyrrole nitrogens is 1. The van der Waals surface area contributed by atoms with Crippen molar-refractivity contribution in [2.24, 2.45) is 11.5 Å². The molecule has 2 aromatic carbocycles. The fourth-order valence-corrected chi connectivity index (χ4v) is 12.9. The first kappa shape index (κ1) is 95.9. The molecule has 2 aliphatic heterocycles. The molecule has 18 amide bonds. The van der Waals surface area contributed by atoms with E-state index in [1.54, 1.807) is 6.20 Å². The van der Waals surface area contributed by atoms with Gasteiger partial charge in [-0.15, -0.1) is 0 Å². The van der Waals surface area contributed by atoms with Gasteiger partial charge in [0.2, 0.25) is 106 Å². The highest BCUT2D eigenvalue weighted by molar-refractivity contribution is 6.03. The van der Waals surface area contributed by atoms with Gasteiger partial charge in [-0.3, -0.25) is 86.3 Å². The smallest absolute Gasteiger partial charge is 0.248 e. The second kappa shape index (κ2) is 40.3. The Morgan fingerprint density at radius 2 is 1.02 bits per heavy atom. The van der Waals surface area contributed by atoms with Gasteiger partial charge in [0.25, 0.3) is 0 Å². The summed E-state index contributed by atoms with van der Waals surface area (Å²) in [6, 6.07) is 7.93. The number of amides is 18. The molecular weight excluding hydrogens is 1520 g/mol. The van der Waals surface area contributed by atoms with Gasteiger partial charge in [0.05, 0.1) is 31.8 Å². The first-order valence-electron chi connectivity index (χ1n) is 38.6. The van der Waals surface area contributed by atoms with Gasteiger partial charge in [0, 0.05) is 62.8 Å². The maximum absolute atomic E-state index is 14.6. The Morgan fingerprint density at radius 3 is 1.59 bits per heavy atom. The van der Waals surface area contributed by atoms with E-state index in [0.29, 0.717) is 24.8 Å². The number of hydrogen-bond acceptors (Lipinski definition) is 20. The van der Waals surface area contributed by atoms with Crippen LogP contribution in [0.4, 0.5) is 0 Å². The summed E-state index contributed by atoms with van der Waals surface area (Å²) in [5.74, 6) is -15.2. The van der Waals surface area contributed by atoms with Crippen LogP contribution < -0.4 is 85.9 Å². The van der Waals surface area contributed by atoms with E-state index in [2.05, 4.69) is 79.4 Å². The molecule has 0 aliphatic carbocycles. The number of fused-ring (bicyclic) bond motifs is 1. The summed E-state index contributed by atoms with van der Waals surface area (Å²) in [5, 5.41) is 57.1. The van der Waals surface area contributed by atoms with Crippen LogP contribution in [0.25, 0.3) is 10.9 Å². The molecule has 39 nitrogen and oxygen atoms in total. The van der Waals surface area contributed by atoms with Crippen molar-refractivity contribution in [3.05, 3.63) is 71.9 Å². The number of para-hydroxylation sites is 1. The number of likely N-dealkylation sites (tertiary alicyclic amines) is 2. The quantitative estimate of drug-likeness (QED) is 0.0256. The second-order valence-corrected chi connectivity index (χ2v) is 33.0. The maximum Gasteiger partial charge on any atom is 0.248 e. The molecule has 9 atom stereocenters. The largest absolute Gasteiger partial charge is 0.394 e. The average molecular weight is 1640 g/mol. The van der Waals surface area contributed by atoms with E-state index >= 15 is 0 Å². The van der Waals surface area contributed by atoms with Gasteiger partial charge in [-0.2, -0.15) is 0 Å². The number of β-amino-alcohol motifs (C(OH)–C–C–N with tert-alkyl or cyclic N) is 1. The van der Waals surface area contributed by atoms with E-state index in [0.717, 1.165) is 21.4 Å². The molecule has 0 radical (unpaired) electrons. The van der Waals surface area contributed by atoms with Crippen LogP contribution in [0.1, 0.15) is 173 Å². The fourth-order valence-electron chi connectivity index (χ4n) is 12.9. The van der Waals surface area contributed by atoms with Gasteiger partial charge >= 0.3 is 0 Å². The Morgan fingerprint density at radius 1 is 0.513 bits per heavy atom. The predicted octanol–water partition coefficient (Wildman–Crippen LogP) is -4.22. The number of aromatic amines is 1. The average Bonchev–Trinajstić information content (AvgIpc) is 1.68. The van der Waals surface area contributed by atoms with Crippen molar-refractivity contribution in [1.29, 1.82) is 0 Å². The van der Waals surface area contributed by atoms with Crippen molar-refractivity contribution in [2.45, 2.75) is 262 Å². The SMILES string of the molecule is CCC(C)(NC(=O)[C@H](CCC(N)=O)NC(=O)CNC(=O)C(C)(C)NC(=O)C(C)(C)NC(=O)[C@H](C)NC(=O)C(C)(C)NC(=O)CNC(=O)C(C)(C)NC(=O)[C@H](CCC(N)=O)NC(=O)C(C)(C)NC(=O)[C@H](Cc1c[nH]c2ccccc12)NC(C)=O)C(=O)N1C[C@@H](O)C[C@@H]1C(=O)NC(C)(C)C(=O)N1CCC[C@H]1C(=O)N[C@H](CO)Cc1ccccc1. The third-order valence-electron chi connectivity index (χ3n) is 20.1. The van der Waals surface area contributed by atoms with Crippen molar-refractivity contribution in [2.75, 3.05) is 32.8 Å². The molecule has 1 aromatic heterocycles. The van der Waals surface area contributed by atoms with E-state index in [-0.39, 0.29) is 45.4 Å². The molecule has 3 aromatic rings. The van der Waals surface area contributed by atoms with Crippen LogP contribution in [0.3, 0.4) is 0 Å². The van der Waals surface area contributed by atoms with Gasteiger partial charge in [0.1, 0.15) is 75.0 Å². The molecular formula is C78H117N19O20. The van der Waals surface area contributed by atoms with E-state index in [1.807, 2.05) is 54.6 Å². The van der Waals surface area contributed by atoms with Crippen molar-refractivity contribution in [3.8, 4) is 0 Å². The highest BCUT2D eigenvalue weighted by atomic mass is 16.3. The monoisotopic (exact) mass is 1640 g/mol. The maximum atomic E-state index is 14.6. The Bertz CT molecular complexity index is 4230. The molecule has 5 rings (SSSR count). The normalized spacial score (nSPS) is 16.9. The molecule has 644 valence electrons. The number of aromatic nitrogens is 1. The van der Waals surface area contributed by atoms with E-state index < -0.39 is 226 Å². The summed E-state index contributed by atoms with van der Waals surface area (Å²) in [6.07, 6.45) is -0.391. The first-order chi connectivity index (χ1) is 54.2. The minimum atomic E-state index is -1.85. The Hall–Kier alpha value is -11.6. The summed E-state index contributed by atoms with van der Waals surface area (Å²) < 4.78 is 0. The van der Waals surface area contributed by atoms with Crippen molar-refractivity contribution >= 4 is 117 Å². The zero-order chi connectivity index (χ0) is 88.3. The lowest BCUT2D eigenvalue weighted by Gasteiger charge is -2.37. The molecule has 0 bridgehead atoms. The topological polar surface area (TPSA) is 590 Å². The number of carbonyl (C=O) groups excluding carboxylic acids is 18. The van der Waals surface area contributed by atoms with Crippen molar-refractivity contribution in [3.63, 3.8) is 0 Å². The summed E-state index contributed by atoms with van der Waals surface area (Å²) in [7, 11) is 0. The van der Waals surface area contributed by atoms with Crippen LogP contribution in [0, 0.1) is 0 Å². The third-order valence-corrected chi connectivity index (χ3v) is 20.1. The summed E-state index contributed by atoms with van der Waals surface area (Å²) >= 11 is 0. The summed E-state index contributed by atoms with van der Waals surface area (Å²) in [4.78, 5) is 249. The van der Waals surface area contributed by atoms with E-state index in [1.165, 1.54) is 116 Å². The van der Waals surface area contributed by atoms with Gasteiger partial charge < -0.3 is 111 Å².